The van der Waals surface area contributed by atoms with Crippen LogP contribution in [-0.4, -0.2) is 16.5 Å². The normalized spacial score (nSPS) is 11.3. The molecule has 2 N–H and O–H groups in total. The summed E-state index contributed by atoms with van der Waals surface area (Å²) in [5, 5.41) is 5.05. The molecule has 0 bridgehead atoms. The second-order valence-electron chi connectivity index (χ2n) is 6.16. The average Bonchev–Trinajstić information content (AvgIpc) is 2.56. The van der Waals surface area contributed by atoms with E-state index in [1.54, 1.807) is 56.4 Å². The third-order valence-electron chi connectivity index (χ3n) is 3.73. The van der Waals surface area contributed by atoms with E-state index in [0.29, 0.717) is 16.5 Å². The molecule has 3 aromatic rings. The van der Waals surface area contributed by atoms with E-state index in [0.717, 1.165) is 10.8 Å². The summed E-state index contributed by atoms with van der Waals surface area (Å²) in [4.78, 5) is 26.6. The van der Waals surface area contributed by atoms with Crippen LogP contribution in [0.4, 0.5) is 5.69 Å². The lowest BCUT2D eigenvalue weighted by Gasteiger charge is -2.25. The lowest BCUT2D eigenvalue weighted by molar-refractivity contribution is -0.128. The van der Waals surface area contributed by atoms with E-state index in [9.17, 15) is 9.59 Å². The third-order valence-corrected chi connectivity index (χ3v) is 3.99. The summed E-state index contributed by atoms with van der Waals surface area (Å²) in [5.74, 6) is 0.251. The van der Waals surface area contributed by atoms with Gasteiger partial charge in [0.2, 0.25) is 5.56 Å². The van der Waals surface area contributed by atoms with Crippen LogP contribution >= 0.6 is 11.6 Å². The Balaban J connectivity index is 1.78. The van der Waals surface area contributed by atoms with Gasteiger partial charge in [0.05, 0.1) is 0 Å². The predicted octanol–water partition coefficient (Wildman–Crippen LogP) is 3.98. The molecule has 1 aromatic heterocycles. The zero-order valence-electron chi connectivity index (χ0n) is 13.8. The van der Waals surface area contributed by atoms with Crippen molar-refractivity contribution in [1.82, 2.24) is 4.98 Å². The summed E-state index contributed by atoms with van der Waals surface area (Å²) < 4.78 is 5.77. The van der Waals surface area contributed by atoms with Crippen molar-refractivity contribution in [1.29, 1.82) is 0 Å². The van der Waals surface area contributed by atoms with Gasteiger partial charge in [-0.2, -0.15) is 0 Å². The van der Waals surface area contributed by atoms with Crippen molar-refractivity contribution in [3.8, 4) is 5.75 Å². The number of ether oxygens (including phenoxy) is 1. The molecule has 0 aliphatic heterocycles. The molecule has 5 nitrogen and oxygen atoms in total. The standard InChI is InChI=1S/C19H17ClN2O3/c1-19(2,25-16-7-4-14(20)5-8-16)18(24)22-15-6-3-12-11-21-17(23)10-13(12)9-15/h3-11H,1-2H3,(H,21,23)(H,22,24). The first kappa shape index (κ1) is 17.0. The smallest absolute Gasteiger partial charge is 0.267 e. The van der Waals surface area contributed by atoms with Gasteiger partial charge in [-0.25, -0.2) is 0 Å². The molecule has 0 aliphatic rings. The molecular weight excluding hydrogens is 340 g/mol. The van der Waals surface area contributed by atoms with Crippen LogP contribution in [0.3, 0.4) is 0 Å². The highest BCUT2D eigenvalue weighted by molar-refractivity contribution is 6.30. The maximum Gasteiger partial charge on any atom is 0.267 e. The van der Waals surface area contributed by atoms with Gasteiger partial charge in [0.25, 0.3) is 5.91 Å². The molecule has 0 atom stereocenters. The van der Waals surface area contributed by atoms with Crippen molar-refractivity contribution >= 4 is 34.0 Å². The van der Waals surface area contributed by atoms with Gasteiger partial charge in [0, 0.05) is 23.0 Å². The fourth-order valence-corrected chi connectivity index (χ4v) is 2.49. The highest BCUT2D eigenvalue weighted by atomic mass is 35.5. The number of amides is 1. The van der Waals surface area contributed by atoms with E-state index in [-0.39, 0.29) is 11.5 Å². The Kier molecular flexibility index (Phi) is 4.51. The summed E-state index contributed by atoms with van der Waals surface area (Å²) in [6, 6.07) is 13.7. The minimum atomic E-state index is -1.09. The first-order chi connectivity index (χ1) is 11.8. The summed E-state index contributed by atoms with van der Waals surface area (Å²) in [5.41, 5.74) is -0.685. The fraction of sp³-hybridized carbons (Fsp3) is 0.158. The molecule has 0 spiro atoms. The topological polar surface area (TPSA) is 71.2 Å². The number of halogens is 1. The molecule has 0 fully saturated rings. The van der Waals surface area contributed by atoms with Gasteiger partial charge in [-0.3, -0.25) is 9.59 Å². The highest BCUT2D eigenvalue weighted by Crippen LogP contribution is 2.23. The number of H-pyrrole nitrogens is 1. The largest absolute Gasteiger partial charge is 0.478 e. The number of fused-ring (bicyclic) bond motifs is 1. The molecule has 1 heterocycles. The van der Waals surface area contributed by atoms with E-state index in [4.69, 9.17) is 16.3 Å². The number of hydrogen-bond acceptors (Lipinski definition) is 3. The Morgan fingerprint density at radius 3 is 2.52 bits per heavy atom. The van der Waals surface area contributed by atoms with Gasteiger partial charge in [0.1, 0.15) is 5.75 Å². The Hall–Kier alpha value is -2.79. The zero-order chi connectivity index (χ0) is 18.0. The molecule has 0 saturated heterocycles. The number of hydrogen-bond donors (Lipinski definition) is 2. The Bertz CT molecular complexity index is 978. The lowest BCUT2D eigenvalue weighted by atomic mass is 10.1. The quantitative estimate of drug-likeness (QED) is 0.742. The van der Waals surface area contributed by atoms with Crippen molar-refractivity contribution in [2.45, 2.75) is 19.4 Å². The number of anilines is 1. The van der Waals surface area contributed by atoms with Crippen LogP contribution < -0.4 is 15.6 Å². The minimum absolute atomic E-state index is 0.192. The van der Waals surface area contributed by atoms with E-state index >= 15 is 0 Å². The van der Waals surface area contributed by atoms with Crippen LogP contribution in [0.15, 0.2) is 59.5 Å². The number of benzene rings is 2. The van der Waals surface area contributed by atoms with E-state index < -0.39 is 5.60 Å². The number of aromatic amines is 1. The van der Waals surface area contributed by atoms with Gasteiger partial charge >= 0.3 is 0 Å². The number of nitrogens with one attached hydrogen (secondary N) is 2. The Labute approximate surface area is 149 Å². The van der Waals surface area contributed by atoms with Crippen LogP contribution in [0.2, 0.25) is 5.02 Å². The SMILES string of the molecule is CC(C)(Oc1ccc(Cl)cc1)C(=O)Nc1ccc2c[nH]c(=O)cc2c1. The average molecular weight is 357 g/mol. The molecule has 1 amide bonds. The van der Waals surface area contributed by atoms with Gasteiger partial charge in [-0.15, -0.1) is 0 Å². The number of aromatic nitrogens is 1. The summed E-state index contributed by atoms with van der Waals surface area (Å²) >= 11 is 5.85. The van der Waals surface area contributed by atoms with Crippen molar-refractivity contribution in [3.05, 3.63) is 70.1 Å². The number of pyridine rings is 1. The minimum Gasteiger partial charge on any atom is -0.478 e. The van der Waals surface area contributed by atoms with Crippen molar-refractivity contribution < 1.29 is 9.53 Å². The van der Waals surface area contributed by atoms with Crippen molar-refractivity contribution in [2.75, 3.05) is 5.32 Å². The molecule has 6 heteroatoms. The molecule has 2 aromatic carbocycles. The summed E-state index contributed by atoms with van der Waals surface area (Å²) in [6.07, 6.45) is 1.64. The summed E-state index contributed by atoms with van der Waals surface area (Å²) in [6.45, 7) is 3.37. The fourth-order valence-electron chi connectivity index (χ4n) is 2.37. The molecule has 0 aliphatic carbocycles. The Morgan fingerprint density at radius 1 is 1.08 bits per heavy atom. The molecule has 0 unspecified atom stereocenters. The lowest BCUT2D eigenvalue weighted by Crippen LogP contribution is -2.42. The number of carbonyl (C=O) groups excluding carboxylic acids is 1. The van der Waals surface area contributed by atoms with Crippen LogP contribution in [0.1, 0.15) is 13.8 Å². The van der Waals surface area contributed by atoms with Gasteiger partial charge in [-0.05, 0) is 61.0 Å². The second-order valence-corrected chi connectivity index (χ2v) is 6.60. The molecule has 0 saturated carbocycles. The van der Waals surface area contributed by atoms with Crippen molar-refractivity contribution in [2.24, 2.45) is 0 Å². The maximum atomic E-state index is 12.6. The molecular formula is C19H17ClN2O3. The van der Waals surface area contributed by atoms with Crippen LogP contribution in [-0.2, 0) is 4.79 Å². The summed E-state index contributed by atoms with van der Waals surface area (Å²) in [7, 11) is 0. The molecule has 128 valence electrons. The van der Waals surface area contributed by atoms with Crippen LogP contribution in [0.25, 0.3) is 10.8 Å². The van der Waals surface area contributed by atoms with Crippen LogP contribution in [0, 0.1) is 0 Å². The number of rotatable bonds is 4. The van der Waals surface area contributed by atoms with Crippen LogP contribution in [0.5, 0.6) is 5.75 Å². The number of carbonyl (C=O) groups is 1. The monoisotopic (exact) mass is 356 g/mol. The third kappa shape index (κ3) is 4.00. The van der Waals surface area contributed by atoms with E-state index in [1.165, 1.54) is 6.07 Å². The maximum absolute atomic E-state index is 12.6. The van der Waals surface area contributed by atoms with Gasteiger partial charge in [0.15, 0.2) is 5.60 Å². The second kappa shape index (κ2) is 6.61. The first-order valence-electron chi connectivity index (χ1n) is 7.72. The zero-order valence-corrected chi connectivity index (χ0v) is 14.6. The van der Waals surface area contributed by atoms with Crippen molar-refractivity contribution in [3.63, 3.8) is 0 Å². The molecule has 3 rings (SSSR count). The predicted molar refractivity (Wildman–Crippen MR) is 99.4 cm³/mol. The first-order valence-corrected chi connectivity index (χ1v) is 8.10. The molecule has 25 heavy (non-hydrogen) atoms. The van der Waals surface area contributed by atoms with Gasteiger partial charge in [-0.1, -0.05) is 17.7 Å². The Morgan fingerprint density at radius 2 is 1.80 bits per heavy atom. The molecule has 0 radical (unpaired) electrons. The van der Waals surface area contributed by atoms with E-state index in [2.05, 4.69) is 10.3 Å². The van der Waals surface area contributed by atoms with Gasteiger partial charge < -0.3 is 15.0 Å². The highest BCUT2D eigenvalue weighted by Gasteiger charge is 2.30. The van der Waals surface area contributed by atoms with E-state index in [1.807, 2.05) is 6.07 Å².